The predicted molar refractivity (Wildman–Crippen MR) is 130 cm³/mol. The lowest BCUT2D eigenvalue weighted by Crippen LogP contribution is -2.40. The second-order valence-electron chi connectivity index (χ2n) is 8.31. The summed E-state index contributed by atoms with van der Waals surface area (Å²) in [4.78, 5) is 38.3. The van der Waals surface area contributed by atoms with E-state index in [1.807, 2.05) is 6.92 Å². The molecule has 3 aromatic rings. The Balaban J connectivity index is 0.00000361. The van der Waals surface area contributed by atoms with E-state index in [4.69, 9.17) is 9.47 Å². The Morgan fingerprint density at radius 1 is 1.23 bits per heavy atom. The standard InChI is InChI=1S/C25H26FN5O4.H2/c1-14-8-17(12-32)29-23-19(14)6-5-7-31(23)25(33)30-24-27-10-18(11-28-24)35-13-20-16(3)21(34-4)9-15(2)22(20)26;/h8-12H,5-7,13H2,1-4H3,(H,27,28,30,33);1H. The Bertz CT molecular complexity index is 1290. The van der Waals surface area contributed by atoms with Crippen molar-refractivity contribution >= 4 is 24.1 Å². The van der Waals surface area contributed by atoms with Crippen molar-refractivity contribution in [3.63, 3.8) is 0 Å². The van der Waals surface area contributed by atoms with Crippen LogP contribution in [-0.2, 0) is 13.0 Å². The fraction of sp³-hybridized carbons (Fsp3) is 0.320. The van der Waals surface area contributed by atoms with Gasteiger partial charge in [-0.15, -0.1) is 0 Å². The minimum atomic E-state index is -0.445. The normalized spacial score (nSPS) is 12.7. The third kappa shape index (κ3) is 4.91. The molecule has 10 heteroatoms. The molecule has 1 aromatic carbocycles. The summed E-state index contributed by atoms with van der Waals surface area (Å²) < 4.78 is 25.6. The molecular formula is C25H28FN5O4. The molecular weight excluding hydrogens is 453 g/mol. The number of pyridine rings is 1. The van der Waals surface area contributed by atoms with E-state index in [-0.39, 0.29) is 25.5 Å². The first-order valence-corrected chi connectivity index (χ1v) is 11.1. The van der Waals surface area contributed by atoms with Gasteiger partial charge >= 0.3 is 6.03 Å². The van der Waals surface area contributed by atoms with Crippen molar-refractivity contribution in [1.82, 2.24) is 15.0 Å². The third-order valence-corrected chi connectivity index (χ3v) is 6.01. The van der Waals surface area contributed by atoms with Crippen LogP contribution < -0.4 is 19.7 Å². The average molecular weight is 482 g/mol. The Morgan fingerprint density at radius 2 is 1.97 bits per heavy atom. The van der Waals surface area contributed by atoms with Crippen molar-refractivity contribution < 1.29 is 24.9 Å². The van der Waals surface area contributed by atoms with Gasteiger partial charge in [0.05, 0.1) is 19.5 Å². The van der Waals surface area contributed by atoms with E-state index in [0.29, 0.717) is 46.8 Å². The maximum atomic E-state index is 14.6. The number of benzene rings is 1. The van der Waals surface area contributed by atoms with Gasteiger partial charge in [0.15, 0.2) is 12.0 Å². The van der Waals surface area contributed by atoms with Crippen LogP contribution in [0.3, 0.4) is 0 Å². The topological polar surface area (TPSA) is 107 Å². The van der Waals surface area contributed by atoms with Gasteiger partial charge < -0.3 is 9.47 Å². The first-order chi connectivity index (χ1) is 16.8. The third-order valence-electron chi connectivity index (χ3n) is 6.01. The van der Waals surface area contributed by atoms with Gasteiger partial charge in [0.25, 0.3) is 0 Å². The number of aldehydes is 1. The summed E-state index contributed by atoms with van der Waals surface area (Å²) in [6.07, 6.45) is 5.03. The van der Waals surface area contributed by atoms with Gasteiger partial charge in [-0.2, -0.15) is 0 Å². The van der Waals surface area contributed by atoms with Crippen LogP contribution in [0.2, 0.25) is 0 Å². The fourth-order valence-corrected chi connectivity index (χ4v) is 4.09. The van der Waals surface area contributed by atoms with E-state index < -0.39 is 6.03 Å². The number of nitrogens with zero attached hydrogens (tertiary/aromatic N) is 4. The van der Waals surface area contributed by atoms with E-state index in [9.17, 15) is 14.0 Å². The van der Waals surface area contributed by atoms with Crippen molar-refractivity contribution in [3.05, 3.63) is 63.9 Å². The molecule has 1 N–H and O–H groups in total. The van der Waals surface area contributed by atoms with Gasteiger partial charge in [-0.25, -0.2) is 24.1 Å². The summed E-state index contributed by atoms with van der Waals surface area (Å²) in [6, 6.07) is 2.92. The predicted octanol–water partition coefficient (Wildman–Crippen LogP) is 4.57. The molecule has 0 aliphatic carbocycles. The number of carbonyl (C=O) groups is 2. The number of ether oxygens (including phenoxy) is 2. The molecule has 0 spiro atoms. The van der Waals surface area contributed by atoms with E-state index in [2.05, 4.69) is 20.3 Å². The monoisotopic (exact) mass is 481 g/mol. The number of hydrogen-bond acceptors (Lipinski definition) is 7. The first kappa shape index (κ1) is 24.1. The smallest absolute Gasteiger partial charge is 0.329 e. The van der Waals surface area contributed by atoms with Crippen molar-refractivity contribution in [2.24, 2.45) is 0 Å². The van der Waals surface area contributed by atoms with E-state index in [1.54, 1.807) is 26.0 Å². The molecule has 4 rings (SSSR count). The number of rotatable bonds is 6. The zero-order valence-corrected chi connectivity index (χ0v) is 20.0. The number of methoxy groups -OCH3 is 1. The number of amides is 2. The van der Waals surface area contributed by atoms with Crippen LogP contribution in [0.5, 0.6) is 11.5 Å². The molecule has 2 amide bonds. The van der Waals surface area contributed by atoms with Crippen LogP contribution in [0.15, 0.2) is 24.5 Å². The SMILES string of the molecule is COc1cc(C)c(F)c(COc2cnc(NC(=O)N3CCCc4c(C)cc(C=O)nc43)nc2)c1C.[HH]. The van der Waals surface area contributed by atoms with Crippen molar-refractivity contribution in [2.75, 3.05) is 23.9 Å². The quantitative estimate of drug-likeness (QED) is 0.514. The minimum Gasteiger partial charge on any atom is -0.496 e. The Hall–Kier alpha value is -4.08. The lowest BCUT2D eigenvalue weighted by Gasteiger charge is -2.29. The fourth-order valence-electron chi connectivity index (χ4n) is 4.09. The van der Waals surface area contributed by atoms with E-state index >= 15 is 0 Å². The molecule has 0 saturated heterocycles. The number of anilines is 2. The van der Waals surface area contributed by atoms with Crippen molar-refractivity contribution in [3.8, 4) is 11.5 Å². The highest BCUT2D eigenvalue weighted by Gasteiger charge is 2.26. The maximum absolute atomic E-state index is 14.6. The maximum Gasteiger partial charge on any atom is 0.329 e. The summed E-state index contributed by atoms with van der Waals surface area (Å²) in [5, 5.41) is 2.66. The van der Waals surface area contributed by atoms with Crippen LogP contribution in [-0.4, -0.2) is 40.9 Å². The molecule has 184 valence electrons. The lowest BCUT2D eigenvalue weighted by atomic mass is 10.0. The Labute approximate surface area is 203 Å². The summed E-state index contributed by atoms with van der Waals surface area (Å²) >= 11 is 0. The zero-order valence-electron chi connectivity index (χ0n) is 20.0. The highest BCUT2D eigenvalue weighted by molar-refractivity contribution is 6.01. The number of halogens is 1. The van der Waals surface area contributed by atoms with Gasteiger partial charge in [-0.1, -0.05) is 0 Å². The minimum absolute atomic E-state index is 0. The molecule has 1 aliphatic rings. The molecule has 0 saturated carbocycles. The van der Waals surface area contributed by atoms with Crippen LogP contribution in [0.4, 0.5) is 21.0 Å². The second-order valence-corrected chi connectivity index (χ2v) is 8.31. The van der Waals surface area contributed by atoms with Gasteiger partial charge in [-0.05, 0) is 62.4 Å². The van der Waals surface area contributed by atoms with Crippen LogP contribution in [0, 0.1) is 26.6 Å². The van der Waals surface area contributed by atoms with Gasteiger partial charge in [0.1, 0.15) is 29.7 Å². The van der Waals surface area contributed by atoms with Crippen molar-refractivity contribution in [2.45, 2.75) is 40.2 Å². The molecule has 0 bridgehead atoms. The van der Waals surface area contributed by atoms with Gasteiger partial charge in [0, 0.05) is 19.1 Å². The highest BCUT2D eigenvalue weighted by Crippen LogP contribution is 2.29. The molecule has 35 heavy (non-hydrogen) atoms. The van der Waals surface area contributed by atoms with Crippen LogP contribution in [0.1, 0.15) is 46.2 Å². The molecule has 1 aliphatic heterocycles. The molecule has 0 radical (unpaired) electrons. The largest absolute Gasteiger partial charge is 0.496 e. The van der Waals surface area contributed by atoms with Crippen LogP contribution in [0.25, 0.3) is 0 Å². The van der Waals surface area contributed by atoms with Gasteiger partial charge in [-0.3, -0.25) is 15.0 Å². The Kier molecular flexibility index (Phi) is 6.90. The van der Waals surface area contributed by atoms with E-state index in [0.717, 1.165) is 24.0 Å². The molecule has 0 fully saturated rings. The summed E-state index contributed by atoms with van der Waals surface area (Å²) in [5.41, 5.74) is 3.65. The number of aromatic nitrogens is 3. The Morgan fingerprint density at radius 3 is 2.66 bits per heavy atom. The average Bonchev–Trinajstić information content (AvgIpc) is 2.86. The van der Waals surface area contributed by atoms with Gasteiger partial charge in [0.2, 0.25) is 5.95 Å². The molecule has 0 atom stereocenters. The number of aryl methyl sites for hydroxylation is 2. The lowest BCUT2D eigenvalue weighted by molar-refractivity contribution is 0.111. The summed E-state index contributed by atoms with van der Waals surface area (Å²) in [7, 11) is 1.53. The highest BCUT2D eigenvalue weighted by atomic mass is 19.1. The first-order valence-electron chi connectivity index (χ1n) is 11.1. The van der Waals surface area contributed by atoms with E-state index in [1.165, 1.54) is 24.4 Å². The molecule has 3 heterocycles. The number of fused-ring (bicyclic) bond motifs is 1. The number of urea groups is 1. The summed E-state index contributed by atoms with van der Waals surface area (Å²) in [5.74, 6) is 1.11. The zero-order chi connectivity index (χ0) is 25.1. The number of hydrogen-bond donors (Lipinski definition) is 1. The van der Waals surface area contributed by atoms with Crippen molar-refractivity contribution in [1.29, 1.82) is 0 Å². The number of nitrogens with one attached hydrogen (secondary N) is 1. The molecule has 2 aromatic heterocycles. The number of carbonyl (C=O) groups excluding carboxylic acids is 2. The van der Waals surface area contributed by atoms with Crippen LogP contribution >= 0.6 is 0 Å². The second kappa shape index (κ2) is 10.0. The summed E-state index contributed by atoms with van der Waals surface area (Å²) in [6.45, 7) is 5.76. The molecule has 0 unspecified atom stereocenters. The molecule has 9 nitrogen and oxygen atoms in total.